The van der Waals surface area contributed by atoms with E-state index in [0.29, 0.717) is 5.56 Å². The Bertz CT molecular complexity index is 866. The first-order valence-corrected chi connectivity index (χ1v) is 8.92. The minimum atomic E-state index is -0.517. The van der Waals surface area contributed by atoms with Crippen molar-refractivity contribution in [1.82, 2.24) is 0 Å². The van der Waals surface area contributed by atoms with Gasteiger partial charge in [-0.05, 0) is 34.9 Å². The van der Waals surface area contributed by atoms with Crippen LogP contribution >= 0.6 is 0 Å². The Kier molecular flexibility index (Phi) is 6.54. The van der Waals surface area contributed by atoms with E-state index in [-0.39, 0.29) is 30.9 Å². The summed E-state index contributed by atoms with van der Waals surface area (Å²) in [5.41, 5.74) is 8.67. The van der Waals surface area contributed by atoms with Crippen LogP contribution in [0.1, 0.15) is 37.4 Å². The molecule has 0 aliphatic rings. The molecule has 0 unspecified atom stereocenters. The molecule has 0 fully saturated rings. The van der Waals surface area contributed by atoms with E-state index in [9.17, 15) is 9.59 Å². The molecule has 0 aliphatic carbocycles. The lowest BCUT2D eigenvalue weighted by molar-refractivity contribution is 0.0470. The molecule has 5 nitrogen and oxygen atoms in total. The van der Waals surface area contributed by atoms with Gasteiger partial charge < -0.3 is 15.2 Å². The molecule has 0 radical (unpaired) electrons. The van der Waals surface area contributed by atoms with Crippen LogP contribution in [-0.4, -0.2) is 11.9 Å². The fourth-order valence-corrected chi connectivity index (χ4v) is 2.66. The number of rotatable bonds is 7. The van der Waals surface area contributed by atoms with Crippen LogP contribution in [-0.2, 0) is 29.2 Å². The molecule has 0 bridgehead atoms. The fraction of sp³-hybridized carbons (Fsp3) is 0.130. The predicted octanol–water partition coefficient (Wildman–Crippen LogP) is 3.86. The van der Waals surface area contributed by atoms with E-state index in [4.69, 9.17) is 15.2 Å². The molecule has 0 saturated carbocycles. The Morgan fingerprint density at radius 1 is 0.643 bits per heavy atom. The monoisotopic (exact) mass is 375 g/mol. The average molecular weight is 375 g/mol. The van der Waals surface area contributed by atoms with Crippen LogP contribution in [0.15, 0.2) is 78.9 Å². The molecule has 0 atom stereocenters. The Labute approximate surface area is 163 Å². The fourth-order valence-electron chi connectivity index (χ4n) is 2.66. The lowest BCUT2D eigenvalue weighted by atomic mass is 10.1. The SMILES string of the molecule is NCc1cc(C(=O)OCc2ccccc2)cc(C(=O)OCc2ccccc2)c1. The van der Waals surface area contributed by atoms with Crippen LogP contribution in [0.25, 0.3) is 0 Å². The van der Waals surface area contributed by atoms with Gasteiger partial charge in [-0.3, -0.25) is 0 Å². The molecule has 3 aromatic carbocycles. The van der Waals surface area contributed by atoms with Gasteiger partial charge in [0.1, 0.15) is 13.2 Å². The minimum absolute atomic E-state index is 0.153. The first-order chi connectivity index (χ1) is 13.7. The van der Waals surface area contributed by atoms with Crippen molar-refractivity contribution in [3.05, 3.63) is 107 Å². The lowest BCUT2D eigenvalue weighted by Crippen LogP contribution is -2.11. The van der Waals surface area contributed by atoms with Gasteiger partial charge in [0.2, 0.25) is 0 Å². The molecule has 0 spiro atoms. The van der Waals surface area contributed by atoms with Crippen LogP contribution in [0, 0.1) is 0 Å². The Hall–Kier alpha value is -3.44. The van der Waals surface area contributed by atoms with E-state index < -0.39 is 11.9 Å². The molecule has 0 saturated heterocycles. The van der Waals surface area contributed by atoms with Gasteiger partial charge in [-0.2, -0.15) is 0 Å². The second kappa shape index (κ2) is 9.48. The number of benzene rings is 3. The molecule has 3 rings (SSSR count). The van der Waals surface area contributed by atoms with Crippen LogP contribution in [0.4, 0.5) is 0 Å². The van der Waals surface area contributed by atoms with Crippen molar-refractivity contribution in [1.29, 1.82) is 0 Å². The van der Waals surface area contributed by atoms with Gasteiger partial charge >= 0.3 is 11.9 Å². The number of carbonyl (C=O) groups excluding carboxylic acids is 2. The standard InChI is InChI=1S/C23H21NO4/c24-14-19-11-20(22(25)27-15-17-7-3-1-4-8-17)13-21(12-19)23(26)28-16-18-9-5-2-6-10-18/h1-13H,14-16,24H2. The van der Waals surface area contributed by atoms with Crippen molar-refractivity contribution < 1.29 is 19.1 Å². The van der Waals surface area contributed by atoms with E-state index in [1.54, 1.807) is 12.1 Å². The molecule has 0 heterocycles. The number of hydrogen-bond acceptors (Lipinski definition) is 5. The molecule has 142 valence electrons. The molecule has 2 N–H and O–H groups in total. The lowest BCUT2D eigenvalue weighted by Gasteiger charge is -2.10. The molecule has 0 aliphatic heterocycles. The third-order valence-corrected chi connectivity index (χ3v) is 4.13. The van der Waals surface area contributed by atoms with E-state index in [2.05, 4.69) is 0 Å². The van der Waals surface area contributed by atoms with Crippen molar-refractivity contribution in [2.75, 3.05) is 0 Å². The summed E-state index contributed by atoms with van der Waals surface area (Å²) in [6, 6.07) is 23.5. The molecular formula is C23H21NO4. The number of nitrogens with two attached hydrogens (primary N) is 1. The zero-order valence-corrected chi connectivity index (χ0v) is 15.3. The maximum absolute atomic E-state index is 12.4. The van der Waals surface area contributed by atoms with E-state index in [1.807, 2.05) is 60.7 Å². The average Bonchev–Trinajstić information content (AvgIpc) is 2.76. The summed E-state index contributed by atoms with van der Waals surface area (Å²) in [7, 11) is 0. The molecule has 3 aromatic rings. The summed E-state index contributed by atoms with van der Waals surface area (Å²) < 4.78 is 10.7. The highest BCUT2D eigenvalue weighted by Crippen LogP contribution is 2.15. The molecule has 28 heavy (non-hydrogen) atoms. The number of esters is 2. The predicted molar refractivity (Wildman–Crippen MR) is 105 cm³/mol. The molecule has 0 aromatic heterocycles. The maximum Gasteiger partial charge on any atom is 0.338 e. The summed E-state index contributed by atoms with van der Waals surface area (Å²) in [6.07, 6.45) is 0. The molecule has 5 heteroatoms. The maximum atomic E-state index is 12.4. The van der Waals surface area contributed by atoms with Gasteiger partial charge in [0.05, 0.1) is 11.1 Å². The van der Waals surface area contributed by atoms with Crippen molar-refractivity contribution >= 4 is 11.9 Å². The summed E-state index contributed by atoms with van der Waals surface area (Å²) in [4.78, 5) is 24.9. The second-order valence-electron chi connectivity index (χ2n) is 6.25. The topological polar surface area (TPSA) is 78.6 Å². The third kappa shape index (κ3) is 5.28. The van der Waals surface area contributed by atoms with E-state index in [0.717, 1.165) is 11.1 Å². The highest BCUT2D eigenvalue weighted by atomic mass is 16.5. The van der Waals surface area contributed by atoms with E-state index >= 15 is 0 Å². The van der Waals surface area contributed by atoms with Gasteiger partial charge in [-0.15, -0.1) is 0 Å². The zero-order chi connectivity index (χ0) is 19.8. The Balaban J connectivity index is 1.70. The number of ether oxygens (including phenoxy) is 2. The van der Waals surface area contributed by atoms with Crippen molar-refractivity contribution in [2.24, 2.45) is 5.73 Å². The molecular weight excluding hydrogens is 354 g/mol. The normalized spacial score (nSPS) is 10.3. The van der Waals surface area contributed by atoms with Gasteiger partial charge in [0, 0.05) is 6.54 Å². The van der Waals surface area contributed by atoms with Crippen molar-refractivity contribution in [3.63, 3.8) is 0 Å². The first-order valence-electron chi connectivity index (χ1n) is 8.92. The van der Waals surface area contributed by atoms with E-state index in [1.165, 1.54) is 6.07 Å². The van der Waals surface area contributed by atoms with Gasteiger partial charge in [0.15, 0.2) is 0 Å². The van der Waals surface area contributed by atoms with Crippen LogP contribution in [0.5, 0.6) is 0 Å². The minimum Gasteiger partial charge on any atom is -0.457 e. The van der Waals surface area contributed by atoms with Gasteiger partial charge in [-0.1, -0.05) is 60.7 Å². The number of carbonyl (C=O) groups is 2. The Morgan fingerprint density at radius 2 is 1.07 bits per heavy atom. The van der Waals surface area contributed by atoms with Crippen LogP contribution in [0.3, 0.4) is 0 Å². The second-order valence-corrected chi connectivity index (χ2v) is 6.25. The first kappa shape index (κ1) is 19.3. The number of hydrogen-bond donors (Lipinski definition) is 1. The van der Waals surface area contributed by atoms with Crippen molar-refractivity contribution in [3.8, 4) is 0 Å². The summed E-state index contributed by atoms with van der Waals surface area (Å²) >= 11 is 0. The largest absolute Gasteiger partial charge is 0.457 e. The van der Waals surface area contributed by atoms with Crippen LogP contribution in [0.2, 0.25) is 0 Å². The van der Waals surface area contributed by atoms with Crippen LogP contribution < -0.4 is 5.73 Å². The smallest absolute Gasteiger partial charge is 0.338 e. The molecule has 0 amide bonds. The summed E-state index contributed by atoms with van der Waals surface area (Å²) in [5.74, 6) is -1.03. The quantitative estimate of drug-likeness (QED) is 0.635. The summed E-state index contributed by atoms with van der Waals surface area (Å²) in [5, 5.41) is 0. The third-order valence-electron chi connectivity index (χ3n) is 4.13. The van der Waals surface area contributed by atoms with Gasteiger partial charge in [0.25, 0.3) is 0 Å². The highest BCUT2D eigenvalue weighted by Gasteiger charge is 2.15. The zero-order valence-electron chi connectivity index (χ0n) is 15.3. The summed E-state index contributed by atoms with van der Waals surface area (Å²) in [6.45, 7) is 0.499. The Morgan fingerprint density at radius 3 is 1.46 bits per heavy atom. The highest BCUT2D eigenvalue weighted by molar-refractivity contribution is 5.95. The van der Waals surface area contributed by atoms with Crippen molar-refractivity contribution in [2.45, 2.75) is 19.8 Å². The van der Waals surface area contributed by atoms with Gasteiger partial charge in [-0.25, -0.2) is 9.59 Å².